The predicted molar refractivity (Wildman–Crippen MR) is 273 cm³/mol. The molecule has 4 nitrogen and oxygen atoms in total. The van der Waals surface area contributed by atoms with E-state index in [4.69, 9.17) is 0 Å². The van der Waals surface area contributed by atoms with E-state index in [1.54, 1.807) is 0 Å². The number of nitrogens with zero attached hydrogens (tertiary/aromatic N) is 3. The van der Waals surface area contributed by atoms with Crippen LogP contribution in [0.2, 0.25) is 0 Å². The third-order valence-corrected chi connectivity index (χ3v) is 13.1. The molecule has 1 N–H and O–H groups in total. The van der Waals surface area contributed by atoms with Crippen LogP contribution in [0.4, 0.5) is 17.1 Å². The molecule has 0 spiro atoms. The number of aromatic nitrogens is 2. The Morgan fingerprint density at radius 3 is 1.55 bits per heavy atom. The summed E-state index contributed by atoms with van der Waals surface area (Å²) < 4.78 is 4.76. The summed E-state index contributed by atoms with van der Waals surface area (Å²) in [6.07, 6.45) is 0. The van der Waals surface area contributed by atoms with Crippen LogP contribution in [0.5, 0.6) is 0 Å². The molecule has 0 aliphatic carbocycles. The average molecular weight is 836 g/mol. The van der Waals surface area contributed by atoms with Crippen molar-refractivity contribution < 1.29 is 5.11 Å². The van der Waals surface area contributed by atoms with Gasteiger partial charge < -0.3 is 19.1 Å². The van der Waals surface area contributed by atoms with Gasteiger partial charge in [-0.1, -0.05) is 140 Å². The second-order valence-corrected chi connectivity index (χ2v) is 17.5. The van der Waals surface area contributed by atoms with Gasteiger partial charge in [0.2, 0.25) is 0 Å². The summed E-state index contributed by atoms with van der Waals surface area (Å²) in [6, 6.07) is 82.7. The fourth-order valence-electron chi connectivity index (χ4n) is 10.2. The minimum Gasteiger partial charge on any atom is -0.386 e. The lowest BCUT2D eigenvalue weighted by molar-refractivity contribution is 0.0792. The quantitative estimate of drug-likeness (QED) is 0.165. The van der Waals surface area contributed by atoms with Gasteiger partial charge in [0.25, 0.3) is 0 Å². The van der Waals surface area contributed by atoms with Gasteiger partial charge >= 0.3 is 0 Å². The summed E-state index contributed by atoms with van der Waals surface area (Å²) in [5.41, 5.74) is 14.5. The third kappa shape index (κ3) is 6.41. The molecule has 4 heteroatoms. The lowest BCUT2D eigenvalue weighted by atomic mass is 9.87. The van der Waals surface area contributed by atoms with E-state index in [1.165, 1.54) is 49.1 Å². The van der Waals surface area contributed by atoms with Crippen LogP contribution >= 0.6 is 0 Å². The molecule has 2 heterocycles. The molecule has 310 valence electrons. The van der Waals surface area contributed by atoms with E-state index in [9.17, 15) is 5.11 Å². The molecule has 12 aromatic rings. The Morgan fingerprint density at radius 1 is 0.354 bits per heavy atom. The standard InChI is InChI=1S/C61H45N3O/c1-61(2,65)55-26-14-11-22-49(55)53-40-59-60(51-24-10-9-21-48(51)53)52-25-13-16-28-57(52)64(59)47-36-34-46(35-37-47)62(43-17-5-3-6-18-43)45-32-29-41(30-33-45)42-31-38-58-54(39-42)50-23-12-15-27-56(50)63(58)44-19-7-4-8-20-44/h3-40,65H,1-2H3. The highest BCUT2D eigenvalue weighted by atomic mass is 16.3. The molecular formula is C61H45N3O. The lowest BCUT2D eigenvalue weighted by Gasteiger charge is -2.26. The summed E-state index contributed by atoms with van der Waals surface area (Å²) in [7, 11) is 0. The Kier molecular flexibility index (Phi) is 9.04. The van der Waals surface area contributed by atoms with Crippen molar-refractivity contribution in [1.29, 1.82) is 0 Å². The first-order valence-corrected chi connectivity index (χ1v) is 22.3. The smallest absolute Gasteiger partial charge is 0.0846 e. The van der Waals surface area contributed by atoms with Crippen LogP contribution < -0.4 is 4.90 Å². The Labute approximate surface area is 378 Å². The predicted octanol–water partition coefficient (Wildman–Crippen LogP) is 16.1. The van der Waals surface area contributed by atoms with Gasteiger partial charge in [-0.05, 0) is 143 Å². The molecule has 0 aliphatic rings. The minimum atomic E-state index is -1.01. The van der Waals surface area contributed by atoms with Gasteiger partial charge in [-0.3, -0.25) is 0 Å². The van der Waals surface area contributed by atoms with Crippen LogP contribution in [0, 0.1) is 0 Å². The van der Waals surface area contributed by atoms with Crippen molar-refractivity contribution >= 4 is 71.4 Å². The highest BCUT2D eigenvalue weighted by molar-refractivity contribution is 6.24. The van der Waals surface area contributed by atoms with Gasteiger partial charge in [0.05, 0.1) is 27.7 Å². The lowest BCUT2D eigenvalue weighted by Crippen LogP contribution is -2.16. The number of anilines is 3. The summed E-state index contributed by atoms with van der Waals surface area (Å²) >= 11 is 0. The van der Waals surface area contributed by atoms with Crippen LogP contribution in [0.25, 0.3) is 88.0 Å². The van der Waals surface area contributed by atoms with Crippen molar-refractivity contribution in [1.82, 2.24) is 9.13 Å². The maximum absolute atomic E-state index is 11.4. The van der Waals surface area contributed by atoms with Crippen molar-refractivity contribution in [3.8, 4) is 33.6 Å². The third-order valence-electron chi connectivity index (χ3n) is 13.1. The summed E-state index contributed by atoms with van der Waals surface area (Å²) in [6.45, 7) is 3.73. The van der Waals surface area contributed by atoms with Crippen molar-refractivity contribution in [2.24, 2.45) is 0 Å². The Hall–Kier alpha value is -8.18. The zero-order valence-electron chi connectivity index (χ0n) is 36.2. The van der Waals surface area contributed by atoms with Gasteiger partial charge in [-0.25, -0.2) is 0 Å². The van der Waals surface area contributed by atoms with Crippen LogP contribution in [-0.4, -0.2) is 14.2 Å². The molecule has 2 aromatic heterocycles. The maximum atomic E-state index is 11.4. The molecule has 0 radical (unpaired) electrons. The fraction of sp³-hybridized carbons (Fsp3) is 0.0492. The maximum Gasteiger partial charge on any atom is 0.0846 e. The van der Waals surface area contributed by atoms with E-state index in [0.717, 1.165) is 61.5 Å². The van der Waals surface area contributed by atoms with E-state index in [2.05, 4.69) is 232 Å². The first-order chi connectivity index (χ1) is 31.9. The van der Waals surface area contributed by atoms with E-state index in [1.807, 2.05) is 26.0 Å². The molecule has 0 unspecified atom stereocenters. The number of fused-ring (bicyclic) bond motifs is 8. The Morgan fingerprint density at radius 2 is 0.846 bits per heavy atom. The molecule has 0 saturated carbocycles. The topological polar surface area (TPSA) is 33.3 Å². The first kappa shape index (κ1) is 38.5. The average Bonchev–Trinajstić information content (AvgIpc) is 3.87. The zero-order chi connectivity index (χ0) is 43.6. The van der Waals surface area contributed by atoms with E-state index in [0.29, 0.717) is 0 Å². The van der Waals surface area contributed by atoms with Gasteiger partial charge in [-0.2, -0.15) is 0 Å². The van der Waals surface area contributed by atoms with Gasteiger partial charge in [-0.15, -0.1) is 0 Å². The van der Waals surface area contributed by atoms with E-state index >= 15 is 0 Å². The van der Waals surface area contributed by atoms with Crippen molar-refractivity contribution in [2.45, 2.75) is 19.4 Å². The molecule has 0 fully saturated rings. The van der Waals surface area contributed by atoms with Gasteiger partial charge in [0, 0.05) is 50.0 Å². The summed E-state index contributed by atoms with van der Waals surface area (Å²) in [5, 5.41) is 18.6. The minimum absolute atomic E-state index is 0.902. The second kappa shape index (κ2) is 15.3. The van der Waals surface area contributed by atoms with E-state index in [-0.39, 0.29) is 0 Å². The molecule has 0 bridgehead atoms. The monoisotopic (exact) mass is 835 g/mol. The normalized spacial score (nSPS) is 11.9. The number of benzene rings is 10. The molecule has 0 saturated heterocycles. The summed E-state index contributed by atoms with van der Waals surface area (Å²) in [5.74, 6) is 0. The van der Waals surface area contributed by atoms with E-state index < -0.39 is 5.60 Å². The van der Waals surface area contributed by atoms with Crippen LogP contribution in [-0.2, 0) is 5.60 Å². The van der Waals surface area contributed by atoms with Crippen LogP contribution in [0.1, 0.15) is 19.4 Å². The number of rotatable bonds is 8. The Balaban J connectivity index is 0.959. The summed E-state index contributed by atoms with van der Waals surface area (Å²) in [4.78, 5) is 2.33. The van der Waals surface area contributed by atoms with Gasteiger partial charge in [0.1, 0.15) is 0 Å². The SMILES string of the molecule is CC(C)(O)c1ccccc1-c1cc2c(c3ccccc13)c1ccccc1n2-c1ccc(N(c2ccccc2)c2ccc(-c3ccc4c(c3)c3ccccc3n4-c3ccccc3)cc2)cc1. The largest absolute Gasteiger partial charge is 0.386 e. The van der Waals surface area contributed by atoms with Gasteiger partial charge in [0.15, 0.2) is 0 Å². The zero-order valence-corrected chi connectivity index (χ0v) is 36.2. The molecular weight excluding hydrogens is 791 g/mol. The molecule has 0 amide bonds. The number of hydrogen-bond donors (Lipinski definition) is 1. The number of aliphatic hydroxyl groups is 1. The highest BCUT2D eigenvalue weighted by Gasteiger charge is 2.24. The Bertz CT molecular complexity index is 3730. The van der Waals surface area contributed by atoms with Crippen LogP contribution in [0.3, 0.4) is 0 Å². The second-order valence-electron chi connectivity index (χ2n) is 17.5. The highest BCUT2D eigenvalue weighted by Crippen LogP contribution is 2.44. The van der Waals surface area contributed by atoms with Crippen molar-refractivity contribution in [3.05, 3.63) is 236 Å². The van der Waals surface area contributed by atoms with Crippen LogP contribution in [0.15, 0.2) is 231 Å². The molecule has 65 heavy (non-hydrogen) atoms. The molecule has 0 aliphatic heterocycles. The fourth-order valence-corrected chi connectivity index (χ4v) is 10.2. The molecule has 0 atom stereocenters. The van der Waals surface area contributed by atoms with Crippen molar-refractivity contribution in [2.75, 3.05) is 4.90 Å². The molecule has 10 aromatic carbocycles. The number of hydrogen-bond acceptors (Lipinski definition) is 2. The van der Waals surface area contributed by atoms with Crippen molar-refractivity contribution in [3.63, 3.8) is 0 Å². The molecule has 12 rings (SSSR count). The first-order valence-electron chi connectivity index (χ1n) is 22.3. The number of para-hydroxylation sites is 4.